The highest BCUT2D eigenvalue weighted by Crippen LogP contribution is 2.17. The third-order valence-corrected chi connectivity index (χ3v) is 12.8. The van der Waals surface area contributed by atoms with Crippen LogP contribution < -0.4 is 0 Å². The van der Waals surface area contributed by atoms with Gasteiger partial charge in [-0.2, -0.15) is 0 Å². The normalized spacial score (nSPS) is 12.3. The lowest BCUT2D eigenvalue weighted by molar-refractivity contribution is -0.167. The first-order chi connectivity index (χ1) is 33.0. The number of rotatable bonds is 53. The van der Waals surface area contributed by atoms with Crippen molar-refractivity contribution in [3.05, 3.63) is 48.6 Å². The predicted molar refractivity (Wildman–Crippen MR) is 289 cm³/mol. The smallest absolute Gasteiger partial charge is 0.306 e. The van der Waals surface area contributed by atoms with Gasteiger partial charge in [-0.15, -0.1) is 0 Å². The summed E-state index contributed by atoms with van der Waals surface area (Å²) in [4.78, 5) is 38.1. The van der Waals surface area contributed by atoms with E-state index in [1.165, 1.54) is 180 Å². The van der Waals surface area contributed by atoms with Crippen LogP contribution in [0.15, 0.2) is 48.6 Å². The second-order valence-corrected chi connectivity index (χ2v) is 19.5. The minimum Gasteiger partial charge on any atom is -0.462 e. The monoisotopic (exact) mass is 939 g/mol. The molecule has 0 bridgehead atoms. The van der Waals surface area contributed by atoms with Crippen LogP contribution >= 0.6 is 0 Å². The molecule has 0 aromatic carbocycles. The molecule has 0 heterocycles. The van der Waals surface area contributed by atoms with Crippen LogP contribution in [0.3, 0.4) is 0 Å². The summed E-state index contributed by atoms with van der Waals surface area (Å²) < 4.78 is 16.8. The van der Waals surface area contributed by atoms with Crippen molar-refractivity contribution in [2.75, 3.05) is 13.2 Å². The number of esters is 3. The maximum absolute atomic E-state index is 12.8. The minimum absolute atomic E-state index is 0.0855. The Morgan fingerprint density at radius 3 is 0.910 bits per heavy atom. The van der Waals surface area contributed by atoms with E-state index in [1.54, 1.807) is 0 Å². The van der Waals surface area contributed by atoms with E-state index in [0.29, 0.717) is 19.3 Å². The first-order valence-corrected chi connectivity index (χ1v) is 29.1. The van der Waals surface area contributed by atoms with Crippen molar-refractivity contribution in [3.63, 3.8) is 0 Å². The van der Waals surface area contributed by atoms with Crippen LogP contribution in [0, 0.1) is 0 Å². The fraction of sp³-hybridized carbons (Fsp3) is 0.820. The van der Waals surface area contributed by atoms with Crippen molar-refractivity contribution in [3.8, 4) is 0 Å². The Labute approximate surface area is 416 Å². The number of carbonyl (C=O) groups excluding carboxylic acids is 3. The molecule has 0 aromatic rings. The largest absolute Gasteiger partial charge is 0.462 e. The minimum atomic E-state index is -0.791. The van der Waals surface area contributed by atoms with E-state index < -0.39 is 6.10 Å². The second kappa shape index (κ2) is 56.0. The lowest BCUT2D eigenvalue weighted by Gasteiger charge is -2.18. The molecular weight excluding hydrogens is 829 g/mol. The Morgan fingerprint density at radius 2 is 0.582 bits per heavy atom. The van der Waals surface area contributed by atoms with Crippen LogP contribution in [-0.4, -0.2) is 37.2 Å². The van der Waals surface area contributed by atoms with E-state index in [0.717, 1.165) is 77.0 Å². The van der Waals surface area contributed by atoms with Gasteiger partial charge in [0.15, 0.2) is 6.10 Å². The van der Waals surface area contributed by atoms with Gasteiger partial charge in [-0.25, -0.2) is 0 Å². The van der Waals surface area contributed by atoms with Gasteiger partial charge in [-0.3, -0.25) is 14.4 Å². The fourth-order valence-corrected chi connectivity index (χ4v) is 8.49. The molecule has 390 valence electrons. The van der Waals surface area contributed by atoms with Crippen LogP contribution in [0.2, 0.25) is 0 Å². The van der Waals surface area contributed by atoms with Crippen molar-refractivity contribution in [2.45, 2.75) is 309 Å². The fourth-order valence-electron chi connectivity index (χ4n) is 8.49. The predicted octanol–water partition coefficient (Wildman–Crippen LogP) is 19.4. The Morgan fingerprint density at radius 1 is 0.313 bits per heavy atom. The van der Waals surface area contributed by atoms with Crippen LogP contribution in [0.25, 0.3) is 0 Å². The topological polar surface area (TPSA) is 78.9 Å². The Hall–Kier alpha value is -2.63. The number of carbonyl (C=O) groups is 3. The van der Waals surface area contributed by atoms with E-state index in [4.69, 9.17) is 14.2 Å². The van der Waals surface area contributed by atoms with Crippen molar-refractivity contribution in [2.24, 2.45) is 0 Å². The summed E-state index contributed by atoms with van der Waals surface area (Å²) in [6.45, 7) is 6.53. The molecule has 0 aliphatic rings. The quantitative estimate of drug-likeness (QED) is 0.0262. The maximum Gasteiger partial charge on any atom is 0.306 e. The molecule has 0 saturated carbocycles. The molecule has 0 aromatic heterocycles. The number of hydrogen-bond donors (Lipinski definition) is 0. The Bertz CT molecular complexity index is 1170. The van der Waals surface area contributed by atoms with Gasteiger partial charge in [0.1, 0.15) is 13.2 Å². The van der Waals surface area contributed by atoms with E-state index >= 15 is 0 Å². The molecule has 0 unspecified atom stereocenters. The molecule has 0 spiro atoms. The summed E-state index contributed by atoms with van der Waals surface area (Å²) in [5, 5.41) is 0. The maximum atomic E-state index is 12.8. The first-order valence-electron chi connectivity index (χ1n) is 29.1. The van der Waals surface area contributed by atoms with Gasteiger partial charge >= 0.3 is 17.9 Å². The van der Waals surface area contributed by atoms with Crippen LogP contribution in [0.4, 0.5) is 0 Å². The average Bonchev–Trinajstić information content (AvgIpc) is 3.33. The van der Waals surface area contributed by atoms with Gasteiger partial charge in [0.25, 0.3) is 0 Å². The molecule has 6 heteroatoms. The van der Waals surface area contributed by atoms with E-state index in [2.05, 4.69) is 69.4 Å². The zero-order chi connectivity index (χ0) is 48.6. The standard InChI is InChI=1S/C61H110O6/c1-4-7-10-13-16-19-22-25-27-28-29-30-31-32-34-36-39-42-45-48-51-54-60(63)66-57-58(56-65-59(62)53-50-47-44-41-38-35-24-21-18-15-12-9-6-3)67-61(64)55-52-49-46-43-40-37-33-26-23-20-17-14-11-8-5-2/h8,11,17,20,26,33,40,43,58H,4-7,9-10,12-16,18-19,21-25,27-32,34-39,41-42,44-57H2,1-3H3/b11-8-,20-17-,33-26-,43-40-/t58-/m0/s1. The number of allylic oxidation sites excluding steroid dienone is 8. The van der Waals surface area contributed by atoms with Gasteiger partial charge < -0.3 is 14.2 Å². The molecule has 67 heavy (non-hydrogen) atoms. The third kappa shape index (κ3) is 54.2. The molecular formula is C61H110O6. The molecule has 0 fully saturated rings. The highest BCUT2D eigenvalue weighted by Gasteiger charge is 2.19. The summed E-state index contributed by atoms with van der Waals surface area (Å²) in [5.41, 5.74) is 0. The molecule has 0 amide bonds. The van der Waals surface area contributed by atoms with Gasteiger partial charge in [-0.1, -0.05) is 275 Å². The van der Waals surface area contributed by atoms with Crippen molar-refractivity contribution < 1.29 is 28.6 Å². The number of hydrogen-bond acceptors (Lipinski definition) is 6. The molecule has 0 radical (unpaired) electrons. The summed E-state index contributed by atoms with van der Waals surface area (Å²) in [6, 6.07) is 0. The molecule has 0 rings (SSSR count). The summed E-state index contributed by atoms with van der Waals surface area (Å²) >= 11 is 0. The van der Waals surface area contributed by atoms with Gasteiger partial charge in [0, 0.05) is 19.3 Å². The highest BCUT2D eigenvalue weighted by atomic mass is 16.6. The molecule has 6 nitrogen and oxygen atoms in total. The zero-order valence-corrected chi connectivity index (χ0v) is 44.7. The van der Waals surface area contributed by atoms with Gasteiger partial charge in [0.2, 0.25) is 0 Å². The summed E-state index contributed by atoms with van der Waals surface area (Å²) in [7, 11) is 0. The SMILES string of the molecule is CC/C=C\C/C=C\C/C=C\C/C=C\CCCCC(=O)O[C@@H](COC(=O)CCCCCCCCCCCCCCC)COC(=O)CCCCCCCCCCCCCCCCCCCCCCC. The molecule has 0 saturated heterocycles. The van der Waals surface area contributed by atoms with E-state index in [9.17, 15) is 14.4 Å². The number of unbranched alkanes of at least 4 members (excludes halogenated alkanes) is 34. The lowest BCUT2D eigenvalue weighted by atomic mass is 10.0. The Kier molecular flexibility index (Phi) is 53.8. The molecule has 0 aliphatic carbocycles. The first kappa shape index (κ1) is 64.4. The third-order valence-electron chi connectivity index (χ3n) is 12.8. The van der Waals surface area contributed by atoms with E-state index in [1.807, 2.05) is 0 Å². The second-order valence-electron chi connectivity index (χ2n) is 19.5. The van der Waals surface area contributed by atoms with Gasteiger partial charge in [0.05, 0.1) is 0 Å². The zero-order valence-electron chi connectivity index (χ0n) is 44.7. The van der Waals surface area contributed by atoms with Crippen LogP contribution in [0.1, 0.15) is 303 Å². The summed E-state index contributed by atoms with van der Waals surface area (Å²) in [6.07, 6.45) is 68.3. The lowest BCUT2D eigenvalue weighted by Crippen LogP contribution is -2.30. The van der Waals surface area contributed by atoms with Crippen molar-refractivity contribution in [1.29, 1.82) is 0 Å². The highest BCUT2D eigenvalue weighted by molar-refractivity contribution is 5.71. The summed E-state index contributed by atoms with van der Waals surface area (Å²) in [5.74, 6) is -0.911. The molecule has 1 atom stereocenters. The van der Waals surface area contributed by atoms with Crippen LogP contribution in [-0.2, 0) is 28.6 Å². The number of ether oxygens (including phenoxy) is 3. The van der Waals surface area contributed by atoms with E-state index in [-0.39, 0.29) is 37.5 Å². The Balaban J connectivity index is 4.33. The van der Waals surface area contributed by atoms with Gasteiger partial charge in [-0.05, 0) is 57.8 Å². The molecule has 0 N–H and O–H groups in total. The van der Waals surface area contributed by atoms with Crippen LogP contribution in [0.5, 0.6) is 0 Å². The molecule has 0 aliphatic heterocycles. The van der Waals surface area contributed by atoms with Crippen molar-refractivity contribution in [1.82, 2.24) is 0 Å². The van der Waals surface area contributed by atoms with Crippen molar-refractivity contribution >= 4 is 17.9 Å². The average molecular weight is 940 g/mol.